The Balaban J connectivity index is 1.52. The summed E-state index contributed by atoms with van der Waals surface area (Å²) in [6.07, 6.45) is 3.23. The highest BCUT2D eigenvalue weighted by Gasteiger charge is 2.51. The molecule has 10 nitrogen and oxygen atoms in total. The second-order valence-electron chi connectivity index (χ2n) is 8.47. The molecule has 1 amide bonds. The highest BCUT2D eigenvalue weighted by atomic mass is 16.5. The van der Waals surface area contributed by atoms with Crippen molar-refractivity contribution in [2.24, 2.45) is 19.8 Å². The van der Waals surface area contributed by atoms with E-state index in [1.165, 1.54) is 4.68 Å². The van der Waals surface area contributed by atoms with Gasteiger partial charge in [0.05, 0.1) is 22.5 Å². The average molecular weight is 431 g/mol. The molecule has 162 valence electrons. The third-order valence-electron chi connectivity index (χ3n) is 6.34. The van der Waals surface area contributed by atoms with Crippen molar-refractivity contribution in [2.75, 3.05) is 5.32 Å². The molecule has 0 radical (unpaired) electrons. The standard InChI is InChI=1S/C22H21N7O3/c1-28-9-11-10-32-18-12(17(11)26-28)4-3-5-13(18)24-14-8-15(22(6-7-22)21(23)31)25-19-16(14)20(30)29(2)27-19/h3-5,8-9H,6-7,10H2,1-2H3,(H2,23,31)(H2,24,25,27). The van der Waals surface area contributed by atoms with Gasteiger partial charge in [-0.15, -0.1) is 0 Å². The number of pyridine rings is 1. The number of aryl methyl sites for hydroxylation is 2. The van der Waals surface area contributed by atoms with E-state index in [0.717, 1.165) is 16.8 Å². The lowest BCUT2D eigenvalue weighted by Crippen LogP contribution is -2.29. The van der Waals surface area contributed by atoms with Crippen molar-refractivity contribution >= 4 is 28.3 Å². The minimum absolute atomic E-state index is 0.219. The molecule has 0 spiro atoms. The lowest BCUT2D eigenvalue weighted by molar-refractivity contribution is -0.120. The Morgan fingerprint density at radius 1 is 1.28 bits per heavy atom. The van der Waals surface area contributed by atoms with Gasteiger partial charge < -0.3 is 15.8 Å². The van der Waals surface area contributed by atoms with Gasteiger partial charge in [-0.1, -0.05) is 6.07 Å². The fourth-order valence-electron chi connectivity index (χ4n) is 4.46. The molecule has 0 saturated heterocycles. The van der Waals surface area contributed by atoms with Crippen molar-refractivity contribution in [1.82, 2.24) is 24.5 Å². The number of para-hydroxylation sites is 1. The Morgan fingerprint density at radius 3 is 2.84 bits per heavy atom. The van der Waals surface area contributed by atoms with Gasteiger partial charge in [-0.25, -0.2) is 4.98 Å². The molecule has 1 aliphatic heterocycles. The number of hydrogen-bond donors (Lipinski definition) is 3. The quantitative estimate of drug-likeness (QED) is 0.451. The van der Waals surface area contributed by atoms with Crippen LogP contribution in [0.1, 0.15) is 24.1 Å². The van der Waals surface area contributed by atoms with Gasteiger partial charge in [-0.2, -0.15) is 5.10 Å². The number of anilines is 2. The van der Waals surface area contributed by atoms with Crippen LogP contribution in [0.5, 0.6) is 5.75 Å². The average Bonchev–Trinajstić information content (AvgIpc) is 3.41. The lowest BCUT2D eigenvalue weighted by Gasteiger charge is -2.21. The smallest absolute Gasteiger partial charge is 0.277 e. The molecule has 1 aliphatic carbocycles. The summed E-state index contributed by atoms with van der Waals surface area (Å²) in [5.74, 6) is 0.255. The summed E-state index contributed by atoms with van der Waals surface area (Å²) in [5.41, 5.74) is 9.65. The van der Waals surface area contributed by atoms with Crippen LogP contribution in [0.15, 0.2) is 35.3 Å². The summed E-state index contributed by atoms with van der Waals surface area (Å²) >= 11 is 0. The first-order valence-electron chi connectivity index (χ1n) is 10.3. The second-order valence-corrected chi connectivity index (χ2v) is 8.47. The van der Waals surface area contributed by atoms with Crippen LogP contribution < -0.4 is 21.3 Å². The number of aromatic nitrogens is 5. The van der Waals surface area contributed by atoms with Gasteiger partial charge in [-0.05, 0) is 31.0 Å². The number of nitrogens with two attached hydrogens (primary N) is 1. The summed E-state index contributed by atoms with van der Waals surface area (Å²) in [7, 11) is 3.51. The second kappa shape index (κ2) is 6.22. The predicted octanol–water partition coefficient (Wildman–Crippen LogP) is 1.81. The number of carbonyl (C=O) groups is 1. The monoisotopic (exact) mass is 431 g/mol. The van der Waals surface area contributed by atoms with Crippen LogP contribution in [0.2, 0.25) is 0 Å². The van der Waals surface area contributed by atoms with Crippen LogP contribution in [0.3, 0.4) is 0 Å². The molecule has 1 saturated carbocycles. The molecule has 6 rings (SSSR count). The van der Waals surface area contributed by atoms with Gasteiger partial charge in [0.2, 0.25) is 5.91 Å². The van der Waals surface area contributed by atoms with Gasteiger partial charge in [0.1, 0.15) is 17.7 Å². The molecule has 4 heterocycles. The van der Waals surface area contributed by atoms with Crippen LogP contribution in [0, 0.1) is 0 Å². The number of rotatable bonds is 4. The number of amides is 1. The molecule has 1 fully saturated rings. The predicted molar refractivity (Wildman–Crippen MR) is 118 cm³/mol. The van der Waals surface area contributed by atoms with Crippen molar-refractivity contribution in [2.45, 2.75) is 24.9 Å². The summed E-state index contributed by atoms with van der Waals surface area (Å²) in [5, 5.41) is 11.3. The van der Waals surface area contributed by atoms with E-state index in [2.05, 4.69) is 20.5 Å². The van der Waals surface area contributed by atoms with Crippen molar-refractivity contribution in [3.63, 3.8) is 0 Å². The van der Waals surface area contributed by atoms with Crippen molar-refractivity contribution in [3.05, 3.63) is 52.1 Å². The van der Waals surface area contributed by atoms with Crippen LogP contribution in [-0.4, -0.2) is 30.5 Å². The van der Waals surface area contributed by atoms with Crippen LogP contribution >= 0.6 is 0 Å². The Hall–Kier alpha value is -4.08. The molecule has 0 bridgehead atoms. The first-order valence-corrected chi connectivity index (χ1v) is 10.3. The third-order valence-corrected chi connectivity index (χ3v) is 6.34. The fourth-order valence-corrected chi connectivity index (χ4v) is 4.46. The van der Waals surface area contributed by atoms with Gasteiger partial charge in [0.25, 0.3) is 5.56 Å². The maximum atomic E-state index is 12.8. The number of fused-ring (bicyclic) bond motifs is 4. The summed E-state index contributed by atoms with van der Waals surface area (Å²) < 4.78 is 9.20. The van der Waals surface area contributed by atoms with E-state index in [9.17, 15) is 9.59 Å². The van der Waals surface area contributed by atoms with E-state index >= 15 is 0 Å². The maximum absolute atomic E-state index is 12.8. The number of H-pyrrole nitrogens is 1. The molecular formula is C22H21N7O3. The molecule has 4 N–H and O–H groups in total. The molecule has 0 atom stereocenters. The van der Waals surface area contributed by atoms with Gasteiger partial charge >= 0.3 is 0 Å². The topological polar surface area (TPSA) is 133 Å². The normalized spacial score (nSPS) is 15.7. The van der Waals surface area contributed by atoms with Gasteiger partial charge in [0, 0.05) is 31.4 Å². The number of primary amides is 1. The van der Waals surface area contributed by atoms with E-state index in [0.29, 0.717) is 53.3 Å². The van der Waals surface area contributed by atoms with Gasteiger partial charge in [0.15, 0.2) is 11.4 Å². The molecule has 0 unspecified atom stereocenters. The minimum Gasteiger partial charge on any atom is -0.486 e. The SMILES string of the molecule is Cn1cc2c(n1)-c1cccc(Nc3cc(C4(C(N)=O)CC4)nc4[nH]n(C)c(=O)c34)c1OC2. The molecule has 1 aromatic carbocycles. The van der Waals surface area contributed by atoms with E-state index < -0.39 is 11.3 Å². The number of nitrogens with zero attached hydrogens (tertiary/aromatic N) is 4. The highest BCUT2D eigenvalue weighted by Crippen LogP contribution is 2.49. The van der Waals surface area contributed by atoms with Crippen LogP contribution in [0.25, 0.3) is 22.3 Å². The minimum atomic E-state index is -0.785. The van der Waals surface area contributed by atoms with Crippen LogP contribution in [-0.2, 0) is 30.9 Å². The Labute approximate surface area is 182 Å². The number of carbonyl (C=O) groups excluding carboxylic acids is 1. The molecule has 32 heavy (non-hydrogen) atoms. The fraction of sp³-hybridized carbons (Fsp3) is 0.273. The molecular weight excluding hydrogens is 410 g/mol. The summed E-state index contributed by atoms with van der Waals surface area (Å²) in [4.78, 5) is 29.5. The first kappa shape index (κ1) is 18.7. The third kappa shape index (κ3) is 2.52. The number of benzene rings is 1. The Morgan fingerprint density at radius 2 is 2.09 bits per heavy atom. The zero-order valence-electron chi connectivity index (χ0n) is 17.6. The largest absolute Gasteiger partial charge is 0.486 e. The first-order chi connectivity index (χ1) is 15.4. The Bertz CT molecular complexity index is 1490. The van der Waals surface area contributed by atoms with Gasteiger partial charge in [-0.3, -0.25) is 24.1 Å². The van der Waals surface area contributed by atoms with Crippen molar-refractivity contribution < 1.29 is 9.53 Å². The van der Waals surface area contributed by atoms with E-state index in [4.69, 9.17) is 10.5 Å². The number of aromatic amines is 1. The summed E-state index contributed by atoms with van der Waals surface area (Å²) in [6.45, 7) is 0.405. The number of nitrogens with one attached hydrogen (secondary N) is 2. The lowest BCUT2D eigenvalue weighted by atomic mass is 9.99. The van der Waals surface area contributed by atoms with E-state index in [-0.39, 0.29) is 5.56 Å². The highest BCUT2D eigenvalue weighted by molar-refractivity contribution is 5.95. The van der Waals surface area contributed by atoms with E-state index in [1.807, 2.05) is 31.4 Å². The number of ether oxygens (including phenoxy) is 1. The molecule has 3 aromatic heterocycles. The van der Waals surface area contributed by atoms with Crippen molar-refractivity contribution in [3.8, 4) is 17.0 Å². The Kier molecular flexibility index (Phi) is 3.63. The zero-order chi connectivity index (χ0) is 22.2. The maximum Gasteiger partial charge on any atom is 0.277 e. The summed E-state index contributed by atoms with van der Waals surface area (Å²) in [6, 6.07) is 7.51. The zero-order valence-corrected chi connectivity index (χ0v) is 17.6. The van der Waals surface area contributed by atoms with Crippen LogP contribution in [0.4, 0.5) is 11.4 Å². The molecule has 2 aliphatic rings. The van der Waals surface area contributed by atoms with Crippen molar-refractivity contribution in [1.29, 1.82) is 0 Å². The molecule has 10 heteroatoms. The number of hydrogen-bond acceptors (Lipinski definition) is 6. The molecule has 4 aromatic rings. The van der Waals surface area contributed by atoms with E-state index in [1.54, 1.807) is 17.8 Å².